The van der Waals surface area contributed by atoms with E-state index in [2.05, 4.69) is 23.8 Å². The van der Waals surface area contributed by atoms with Gasteiger partial charge in [0, 0.05) is 12.1 Å². The second kappa shape index (κ2) is 4.53. The maximum Gasteiger partial charge on any atom is 0.107 e. The van der Waals surface area contributed by atoms with Crippen LogP contribution in [0.25, 0.3) is 11.0 Å². The number of hydrogen-bond acceptors (Lipinski definition) is 2. The number of aromatic amines is 1. The monoisotopic (exact) mass is 225 g/mol. The van der Waals surface area contributed by atoms with Crippen molar-refractivity contribution in [3.05, 3.63) is 24.0 Å². The van der Waals surface area contributed by atoms with Crippen molar-refractivity contribution < 1.29 is 0 Å². The zero-order chi connectivity index (χ0) is 10.1. The number of hydrogen-bond donors (Lipinski definition) is 2. The molecule has 0 saturated carbocycles. The van der Waals surface area contributed by atoms with Crippen LogP contribution in [0.4, 0.5) is 5.69 Å². The maximum atomic E-state index is 5.69. The van der Waals surface area contributed by atoms with Gasteiger partial charge in [-0.15, -0.1) is 12.4 Å². The minimum atomic E-state index is 0. The number of anilines is 1. The fourth-order valence-corrected chi connectivity index (χ4v) is 1.56. The predicted octanol–water partition coefficient (Wildman–Crippen LogP) is 2.77. The van der Waals surface area contributed by atoms with Crippen LogP contribution < -0.4 is 5.73 Å². The number of rotatable bonds is 2. The summed E-state index contributed by atoms with van der Waals surface area (Å²) in [6, 6.07) is 5.75. The first-order valence-corrected chi connectivity index (χ1v) is 4.89. The van der Waals surface area contributed by atoms with E-state index < -0.39 is 0 Å². The highest BCUT2D eigenvalue weighted by atomic mass is 35.5. The molecule has 3 N–H and O–H groups in total. The largest absolute Gasteiger partial charge is 0.399 e. The number of imidazole rings is 1. The first kappa shape index (κ1) is 11.9. The number of nitrogens with one attached hydrogen (secondary N) is 1. The highest BCUT2D eigenvalue weighted by Gasteiger charge is 2.04. The van der Waals surface area contributed by atoms with Crippen LogP contribution in [0.3, 0.4) is 0 Å². The molecule has 0 radical (unpaired) electrons. The number of nitrogens with zero attached hydrogens (tertiary/aromatic N) is 1. The number of fused-ring (bicyclic) bond motifs is 1. The predicted molar refractivity (Wildman–Crippen MR) is 66.3 cm³/mol. The number of nitrogen functional groups attached to an aromatic ring is 1. The Labute approximate surface area is 95.5 Å². The average Bonchev–Trinajstić information content (AvgIpc) is 2.44. The molecule has 0 saturated heterocycles. The van der Waals surface area contributed by atoms with Crippen molar-refractivity contribution in [2.45, 2.75) is 20.3 Å². The molecule has 0 aliphatic carbocycles. The molecule has 2 rings (SSSR count). The van der Waals surface area contributed by atoms with E-state index in [1.165, 1.54) is 0 Å². The van der Waals surface area contributed by atoms with Crippen LogP contribution in [0.2, 0.25) is 0 Å². The number of nitrogens with two attached hydrogens (primary N) is 1. The van der Waals surface area contributed by atoms with E-state index >= 15 is 0 Å². The Hall–Kier alpha value is -1.22. The molecular formula is C11H16ClN3. The summed E-state index contributed by atoms with van der Waals surface area (Å²) in [5.74, 6) is 1.66. The van der Waals surface area contributed by atoms with E-state index in [1.807, 2.05) is 18.2 Å². The number of halogens is 1. The van der Waals surface area contributed by atoms with E-state index in [0.717, 1.165) is 29.0 Å². The lowest BCUT2D eigenvalue weighted by atomic mass is 10.1. The first-order chi connectivity index (χ1) is 6.65. The van der Waals surface area contributed by atoms with Crippen LogP contribution in [0, 0.1) is 5.92 Å². The summed E-state index contributed by atoms with van der Waals surface area (Å²) in [5.41, 5.74) is 8.49. The second-order valence-corrected chi connectivity index (χ2v) is 4.06. The average molecular weight is 226 g/mol. The van der Waals surface area contributed by atoms with Crippen molar-refractivity contribution in [1.29, 1.82) is 0 Å². The number of benzene rings is 1. The van der Waals surface area contributed by atoms with Crippen LogP contribution in [-0.4, -0.2) is 9.97 Å². The summed E-state index contributed by atoms with van der Waals surface area (Å²) in [7, 11) is 0. The van der Waals surface area contributed by atoms with Crippen LogP contribution >= 0.6 is 12.4 Å². The van der Waals surface area contributed by atoms with Crippen molar-refractivity contribution in [1.82, 2.24) is 9.97 Å². The van der Waals surface area contributed by atoms with Gasteiger partial charge in [-0.1, -0.05) is 13.8 Å². The summed E-state index contributed by atoms with van der Waals surface area (Å²) in [6.45, 7) is 4.36. The molecule has 4 heteroatoms. The number of aromatic nitrogens is 2. The number of H-pyrrole nitrogens is 1. The fraction of sp³-hybridized carbons (Fsp3) is 0.364. The molecular weight excluding hydrogens is 210 g/mol. The van der Waals surface area contributed by atoms with Crippen molar-refractivity contribution in [2.75, 3.05) is 5.73 Å². The van der Waals surface area contributed by atoms with Gasteiger partial charge in [0.2, 0.25) is 0 Å². The standard InChI is InChI=1S/C11H15N3.ClH/c1-7(2)5-11-13-9-4-3-8(12)6-10(9)14-11;/h3-4,6-7H,5,12H2,1-2H3,(H,13,14);1H. The minimum absolute atomic E-state index is 0. The van der Waals surface area contributed by atoms with E-state index in [1.54, 1.807) is 0 Å². The zero-order valence-electron chi connectivity index (χ0n) is 8.95. The molecule has 1 heterocycles. The van der Waals surface area contributed by atoms with E-state index in [-0.39, 0.29) is 12.4 Å². The quantitative estimate of drug-likeness (QED) is 0.773. The van der Waals surface area contributed by atoms with E-state index in [0.29, 0.717) is 5.92 Å². The summed E-state index contributed by atoms with van der Waals surface area (Å²) in [4.78, 5) is 7.76. The van der Waals surface area contributed by atoms with Gasteiger partial charge in [0.25, 0.3) is 0 Å². The topological polar surface area (TPSA) is 54.7 Å². The molecule has 1 aromatic heterocycles. The molecule has 0 spiro atoms. The van der Waals surface area contributed by atoms with Gasteiger partial charge in [-0.3, -0.25) is 0 Å². The first-order valence-electron chi connectivity index (χ1n) is 4.89. The van der Waals surface area contributed by atoms with Gasteiger partial charge >= 0.3 is 0 Å². The lowest BCUT2D eigenvalue weighted by Crippen LogP contribution is -1.95. The van der Waals surface area contributed by atoms with Crippen molar-refractivity contribution in [3.63, 3.8) is 0 Å². The third-order valence-electron chi connectivity index (χ3n) is 2.16. The van der Waals surface area contributed by atoms with Gasteiger partial charge in [-0.2, -0.15) is 0 Å². The lowest BCUT2D eigenvalue weighted by Gasteiger charge is -1.98. The molecule has 0 atom stereocenters. The van der Waals surface area contributed by atoms with Gasteiger partial charge in [0.1, 0.15) is 5.82 Å². The van der Waals surface area contributed by atoms with Gasteiger partial charge in [-0.05, 0) is 24.1 Å². The van der Waals surface area contributed by atoms with E-state index in [4.69, 9.17) is 5.73 Å². The Bertz CT molecular complexity index is 448. The normalized spacial score (nSPS) is 10.6. The molecule has 0 unspecified atom stereocenters. The summed E-state index contributed by atoms with van der Waals surface area (Å²) >= 11 is 0. The van der Waals surface area contributed by atoms with Crippen LogP contribution in [0.15, 0.2) is 18.2 Å². The molecule has 0 fully saturated rings. The van der Waals surface area contributed by atoms with Gasteiger partial charge < -0.3 is 10.7 Å². The van der Waals surface area contributed by atoms with E-state index in [9.17, 15) is 0 Å². The summed E-state index contributed by atoms with van der Waals surface area (Å²) < 4.78 is 0. The molecule has 3 nitrogen and oxygen atoms in total. The molecule has 1 aromatic carbocycles. The molecule has 0 aliphatic rings. The van der Waals surface area contributed by atoms with Crippen molar-refractivity contribution >= 4 is 29.1 Å². The van der Waals surface area contributed by atoms with Crippen LogP contribution in [-0.2, 0) is 6.42 Å². The Morgan fingerprint density at radius 1 is 1.40 bits per heavy atom. The third-order valence-corrected chi connectivity index (χ3v) is 2.16. The van der Waals surface area contributed by atoms with Gasteiger partial charge in [0.05, 0.1) is 11.0 Å². The fourth-order valence-electron chi connectivity index (χ4n) is 1.56. The molecule has 82 valence electrons. The van der Waals surface area contributed by atoms with Crippen LogP contribution in [0.1, 0.15) is 19.7 Å². The summed E-state index contributed by atoms with van der Waals surface area (Å²) in [6.07, 6.45) is 0.981. The van der Waals surface area contributed by atoms with Gasteiger partial charge in [0.15, 0.2) is 0 Å². The van der Waals surface area contributed by atoms with Crippen LogP contribution in [0.5, 0.6) is 0 Å². The second-order valence-electron chi connectivity index (χ2n) is 4.06. The highest BCUT2D eigenvalue weighted by Crippen LogP contribution is 2.16. The highest BCUT2D eigenvalue weighted by molar-refractivity contribution is 5.85. The molecule has 0 bridgehead atoms. The molecule has 0 amide bonds. The van der Waals surface area contributed by atoms with Crippen molar-refractivity contribution in [3.8, 4) is 0 Å². The lowest BCUT2D eigenvalue weighted by molar-refractivity contribution is 0.627. The third kappa shape index (κ3) is 2.63. The van der Waals surface area contributed by atoms with Crippen molar-refractivity contribution in [2.24, 2.45) is 5.92 Å². The minimum Gasteiger partial charge on any atom is -0.399 e. The molecule has 0 aliphatic heterocycles. The Morgan fingerprint density at radius 3 is 2.80 bits per heavy atom. The Kier molecular flexibility index (Phi) is 3.58. The summed E-state index contributed by atoms with van der Waals surface area (Å²) in [5, 5.41) is 0. The maximum absolute atomic E-state index is 5.69. The van der Waals surface area contributed by atoms with Gasteiger partial charge in [-0.25, -0.2) is 4.98 Å². The molecule has 2 aromatic rings. The SMILES string of the molecule is CC(C)Cc1nc2ccc(N)cc2[nH]1.Cl. The molecule has 15 heavy (non-hydrogen) atoms. The Balaban J connectivity index is 0.00000112. The zero-order valence-corrected chi connectivity index (χ0v) is 9.77. The Morgan fingerprint density at radius 2 is 2.13 bits per heavy atom. The smallest absolute Gasteiger partial charge is 0.107 e.